The first-order valence-corrected chi connectivity index (χ1v) is 6.02. The Hall–Kier alpha value is -2.56. The Balaban J connectivity index is 2.51. The minimum absolute atomic E-state index is 0.137. The summed E-state index contributed by atoms with van der Waals surface area (Å²) in [6.07, 6.45) is 0. The van der Waals surface area contributed by atoms with E-state index in [9.17, 15) is 14.0 Å². The van der Waals surface area contributed by atoms with E-state index in [0.29, 0.717) is 11.3 Å². The maximum Gasteiger partial charge on any atom is 0.230 e. The van der Waals surface area contributed by atoms with E-state index in [1.165, 1.54) is 25.1 Å². The fourth-order valence-corrected chi connectivity index (χ4v) is 2.20. The van der Waals surface area contributed by atoms with Gasteiger partial charge in [-0.25, -0.2) is 9.37 Å². The van der Waals surface area contributed by atoms with Crippen molar-refractivity contribution >= 4 is 27.9 Å². The molecule has 2 heterocycles. The number of fused-ring (bicyclic) bond motifs is 2. The molecule has 2 aromatic heterocycles. The summed E-state index contributed by atoms with van der Waals surface area (Å²) in [6, 6.07) is 5.18. The van der Waals surface area contributed by atoms with E-state index in [1.807, 2.05) is 0 Å². The van der Waals surface area contributed by atoms with Crippen molar-refractivity contribution in [1.82, 2.24) is 4.98 Å². The molecule has 0 fully saturated rings. The highest BCUT2D eigenvalue weighted by molar-refractivity contribution is 5.99. The minimum atomic E-state index is -0.518. The van der Waals surface area contributed by atoms with Gasteiger partial charge in [0, 0.05) is 5.56 Å². The average molecular weight is 271 g/mol. The first kappa shape index (κ1) is 12.5. The third-order valence-electron chi connectivity index (χ3n) is 3.19. The van der Waals surface area contributed by atoms with Crippen molar-refractivity contribution in [1.29, 1.82) is 0 Å². The first-order valence-electron chi connectivity index (χ1n) is 6.02. The summed E-state index contributed by atoms with van der Waals surface area (Å²) in [4.78, 5) is 28.0. The second kappa shape index (κ2) is 4.23. The molecule has 0 unspecified atom stereocenters. The maximum atomic E-state index is 13.2. The fraction of sp³-hybridized carbons (Fsp3) is 0.133. The molecule has 0 aliphatic carbocycles. The minimum Gasteiger partial charge on any atom is -0.437 e. The van der Waals surface area contributed by atoms with E-state index >= 15 is 0 Å². The number of aromatic nitrogens is 1. The van der Waals surface area contributed by atoms with Gasteiger partial charge in [-0.05, 0) is 38.1 Å². The van der Waals surface area contributed by atoms with Crippen LogP contribution in [0.3, 0.4) is 0 Å². The number of benzene rings is 1. The van der Waals surface area contributed by atoms with E-state index in [0.717, 1.165) is 6.07 Å². The van der Waals surface area contributed by atoms with Crippen molar-refractivity contribution in [2.24, 2.45) is 0 Å². The van der Waals surface area contributed by atoms with Crippen molar-refractivity contribution in [3.63, 3.8) is 0 Å². The third-order valence-corrected chi connectivity index (χ3v) is 3.19. The number of halogens is 1. The lowest BCUT2D eigenvalue weighted by atomic mass is 10.1. The number of hydrogen-bond acceptors (Lipinski definition) is 4. The highest BCUT2D eigenvalue weighted by Gasteiger charge is 2.14. The van der Waals surface area contributed by atoms with Crippen LogP contribution in [0.1, 0.15) is 23.0 Å². The number of pyridine rings is 1. The Morgan fingerprint density at radius 3 is 2.70 bits per heavy atom. The average Bonchev–Trinajstić information content (AvgIpc) is 2.39. The largest absolute Gasteiger partial charge is 0.437 e. The standard InChI is InChI=1S/C15H10FNO3/c1-7-10(8(2)18)6-12-14(19)11-5-9(16)3-4-13(11)20-15(12)17-7/h3-6H,1-2H3. The quantitative estimate of drug-likeness (QED) is 0.504. The van der Waals surface area contributed by atoms with Gasteiger partial charge in [-0.1, -0.05) is 0 Å². The van der Waals surface area contributed by atoms with Gasteiger partial charge in [-0.3, -0.25) is 9.59 Å². The zero-order chi connectivity index (χ0) is 14.4. The van der Waals surface area contributed by atoms with Gasteiger partial charge in [0.25, 0.3) is 0 Å². The SMILES string of the molecule is CC(=O)c1cc2c(=O)c3cc(F)ccc3oc2nc1C. The molecular weight excluding hydrogens is 261 g/mol. The van der Waals surface area contributed by atoms with E-state index < -0.39 is 11.2 Å². The molecular formula is C15H10FNO3. The van der Waals surface area contributed by atoms with Crippen LogP contribution >= 0.6 is 0 Å². The Morgan fingerprint density at radius 2 is 2.00 bits per heavy atom. The molecule has 4 nitrogen and oxygen atoms in total. The third kappa shape index (κ3) is 1.79. The molecule has 3 rings (SSSR count). The molecule has 20 heavy (non-hydrogen) atoms. The van der Waals surface area contributed by atoms with Crippen molar-refractivity contribution in [3.05, 3.63) is 51.6 Å². The number of aryl methyl sites for hydroxylation is 1. The van der Waals surface area contributed by atoms with Crippen molar-refractivity contribution in [3.8, 4) is 0 Å². The van der Waals surface area contributed by atoms with Crippen LogP contribution in [0.5, 0.6) is 0 Å². The van der Waals surface area contributed by atoms with E-state index in [4.69, 9.17) is 4.42 Å². The molecule has 100 valence electrons. The summed E-state index contributed by atoms with van der Waals surface area (Å²) < 4.78 is 18.7. The fourth-order valence-electron chi connectivity index (χ4n) is 2.20. The summed E-state index contributed by atoms with van der Waals surface area (Å²) in [5.41, 5.74) is 0.883. The maximum absolute atomic E-state index is 13.2. The van der Waals surface area contributed by atoms with Crippen LogP contribution in [0, 0.1) is 12.7 Å². The molecule has 0 N–H and O–H groups in total. The summed E-state index contributed by atoms with van der Waals surface area (Å²) in [5.74, 6) is -0.702. The second-order valence-electron chi connectivity index (χ2n) is 4.60. The van der Waals surface area contributed by atoms with Gasteiger partial charge in [-0.2, -0.15) is 0 Å². The Morgan fingerprint density at radius 1 is 1.25 bits per heavy atom. The second-order valence-corrected chi connectivity index (χ2v) is 4.60. The van der Waals surface area contributed by atoms with Gasteiger partial charge >= 0.3 is 0 Å². The van der Waals surface area contributed by atoms with E-state index in [-0.39, 0.29) is 27.9 Å². The van der Waals surface area contributed by atoms with Crippen molar-refractivity contribution in [2.75, 3.05) is 0 Å². The summed E-state index contributed by atoms with van der Waals surface area (Å²) in [5, 5.41) is 0.316. The van der Waals surface area contributed by atoms with E-state index in [1.54, 1.807) is 6.92 Å². The molecule has 0 aliphatic heterocycles. The number of ketones is 1. The highest BCUT2D eigenvalue weighted by Crippen LogP contribution is 2.20. The van der Waals surface area contributed by atoms with Crippen LogP contribution in [0.25, 0.3) is 22.1 Å². The molecule has 0 aliphatic rings. The zero-order valence-electron chi connectivity index (χ0n) is 10.9. The summed E-state index contributed by atoms with van der Waals surface area (Å²) in [6.45, 7) is 3.07. The van der Waals surface area contributed by atoms with Crippen LogP contribution in [0.4, 0.5) is 4.39 Å². The molecule has 0 atom stereocenters. The van der Waals surface area contributed by atoms with Gasteiger partial charge in [0.1, 0.15) is 11.4 Å². The first-order chi connectivity index (χ1) is 9.47. The zero-order valence-corrected chi connectivity index (χ0v) is 10.9. The predicted octanol–water partition coefficient (Wildman–Crippen LogP) is 2.99. The molecule has 0 bridgehead atoms. The number of carbonyl (C=O) groups excluding carboxylic acids is 1. The lowest BCUT2D eigenvalue weighted by molar-refractivity contribution is 0.101. The Kier molecular flexibility index (Phi) is 2.64. The number of Topliss-reactive ketones (excluding diaryl/α,β-unsaturated/α-hetero) is 1. The van der Waals surface area contributed by atoms with Crippen LogP contribution in [-0.4, -0.2) is 10.8 Å². The van der Waals surface area contributed by atoms with Gasteiger partial charge in [0.15, 0.2) is 5.78 Å². The molecule has 0 saturated heterocycles. The lowest BCUT2D eigenvalue weighted by Crippen LogP contribution is -2.07. The highest BCUT2D eigenvalue weighted by atomic mass is 19.1. The van der Waals surface area contributed by atoms with Gasteiger partial charge in [-0.15, -0.1) is 0 Å². The van der Waals surface area contributed by atoms with Gasteiger partial charge in [0.05, 0.1) is 16.5 Å². The molecule has 0 radical (unpaired) electrons. The van der Waals surface area contributed by atoms with Crippen LogP contribution in [0.2, 0.25) is 0 Å². The normalized spacial score (nSPS) is 11.2. The molecule has 0 spiro atoms. The number of carbonyl (C=O) groups is 1. The predicted molar refractivity (Wildman–Crippen MR) is 72.5 cm³/mol. The molecule has 5 heteroatoms. The lowest BCUT2D eigenvalue weighted by Gasteiger charge is -2.05. The number of hydrogen-bond donors (Lipinski definition) is 0. The topological polar surface area (TPSA) is 60.2 Å². The van der Waals surface area contributed by atoms with Crippen LogP contribution < -0.4 is 5.43 Å². The summed E-state index contributed by atoms with van der Waals surface area (Å²) in [7, 11) is 0. The molecule has 3 aromatic rings. The molecule has 0 amide bonds. The van der Waals surface area contributed by atoms with Gasteiger partial charge < -0.3 is 4.42 Å². The van der Waals surface area contributed by atoms with Crippen molar-refractivity contribution in [2.45, 2.75) is 13.8 Å². The monoisotopic (exact) mass is 271 g/mol. The van der Waals surface area contributed by atoms with Crippen LogP contribution in [0.15, 0.2) is 33.5 Å². The number of nitrogens with zero attached hydrogens (tertiary/aromatic N) is 1. The Bertz CT molecular complexity index is 928. The molecule has 0 saturated carbocycles. The summed E-state index contributed by atoms with van der Waals surface area (Å²) >= 11 is 0. The molecule has 1 aromatic carbocycles. The smallest absolute Gasteiger partial charge is 0.230 e. The van der Waals surface area contributed by atoms with Crippen molar-refractivity contribution < 1.29 is 13.6 Å². The Labute approximate surface area is 112 Å². The van der Waals surface area contributed by atoms with Gasteiger partial charge in [0.2, 0.25) is 11.1 Å². The van der Waals surface area contributed by atoms with E-state index in [2.05, 4.69) is 4.98 Å². The number of rotatable bonds is 1. The van der Waals surface area contributed by atoms with Crippen LogP contribution in [-0.2, 0) is 0 Å².